The van der Waals surface area contributed by atoms with Gasteiger partial charge in [-0.1, -0.05) is 69.9 Å². The Bertz CT molecular complexity index is 887. The van der Waals surface area contributed by atoms with E-state index in [4.69, 9.17) is 46.4 Å². The number of hydrogen-bond acceptors (Lipinski definition) is 6. The van der Waals surface area contributed by atoms with Crippen LogP contribution >= 0.6 is 99.6 Å². The minimum Gasteiger partial charge on any atom is -0.212 e. The van der Waals surface area contributed by atoms with Crippen molar-refractivity contribution >= 4 is 116 Å². The molecule has 0 aliphatic carbocycles. The van der Waals surface area contributed by atoms with Gasteiger partial charge in [-0.2, -0.15) is 0 Å². The lowest BCUT2D eigenvalue weighted by Gasteiger charge is -2.04. The van der Waals surface area contributed by atoms with Gasteiger partial charge in [-0.25, -0.2) is 16.8 Å². The molecule has 4 nitrogen and oxygen atoms in total. The zero-order valence-corrected chi connectivity index (χ0v) is 22.8. The summed E-state index contributed by atoms with van der Waals surface area (Å²) in [5, 5.41) is 0. The van der Waals surface area contributed by atoms with Crippen molar-refractivity contribution in [3.63, 3.8) is 0 Å². The number of rotatable bonds is 6. The minimum absolute atomic E-state index is 0.0115. The first-order valence-electron chi connectivity index (χ1n) is 6.78. The van der Waals surface area contributed by atoms with Crippen LogP contribution in [0.4, 0.5) is 0 Å². The molecule has 0 fully saturated rings. The molecule has 0 aliphatic rings. The summed E-state index contributed by atoms with van der Waals surface area (Å²) in [5.74, 6) is 0. The van der Waals surface area contributed by atoms with Gasteiger partial charge in [-0.3, -0.25) is 0 Å². The van der Waals surface area contributed by atoms with Crippen molar-refractivity contribution < 1.29 is 16.8 Å². The highest BCUT2D eigenvalue weighted by Crippen LogP contribution is 2.32. The highest BCUT2D eigenvalue weighted by Gasteiger charge is 2.12. The largest absolute Gasteiger partial charge is 0.237 e. The van der Waals surface area contributed by atoms with Gasteiger partial charge in [0.15, 0.2) is 8.34 Å². The average molecular weight is 672 g/mol. The van der Waals surface area contributed by atoms with E-state index in [1.807, 2.05) is 24.3 Å². The predicted molar refractivity (Wildman–Crippen MR) is 128 cm³/mol. The summed E-state index contributed by atoms with van der Waals surface area (Å²) >= 11 is 30.2. The topological polar surface area (TPSA) is 68.3 Å². The summed E-state index contributed by atoms with van der Waals surface area (Å²) < 4.78 is 42.9. The highest BCUT2D eigenvalue weighted by atomic mass is 79.9. The fraction of sp³-hybridized carbons (Fsp3) is 0.143. The Morgan fingerprint density at radius 3 is 1.04 bits per heavy atom. The average Bonchev–Trinajstić information content (AvgIpc) is 2.55. The van der Waals surface area contributed by atoms with Gasteiger partial charge in [0.1, 0.15) is 0 Å². The molecule has 0 heterocycles. The molecule has 0 saturated heterocycles. The minimum atomic E-state index is -3.46. The summed E-state index contributed by atoms with van der Waals surface area (Å²) in [5.41, 5.74) is 0. The Labute approximate surface area is 207 Å². The second-order valence-electron chi connectivity index (χ2n) is 4.58. The maximum atomic E-state index is 10.9. The SMILES string of the molecule is ClC(Cl)Sc1ccc(SC(Cl)Cl)cc1.O=S(=O)(Br)c1ccc(S(=O)(=O)Br)cc1. The summed E-state index contributed by atoms with van der Waals surface area (Å²) in [4.78, 5) is 2.06. The van der Waals surface area contributed by atoms with E-state index >= 15 is 0 Å². The Balaban J connectivity index is 0.000000280. The molecule has 0 N–H and O–H groups in total. The molecule has 0 aliphatic heterocycles. The molecular weight excluding hydrogens is 662 g/mol. The Morgan fingerprint density at radius 2 is 0.857 bits per heavy atom. The molecule has 0 spiro atoms. The molecule has 156 valence electrons. The van der Waals surface area contributed by atoms with Gasteiger partial charge in [-0.05, 0) is 48.5 Å². The van der Waals surface area contributed by atoms with Crippen molar-refractivity contribution in [2.24, 2.45) is 0 Å². The molecule has 0 amide bonds. The van der Waals surface area contributed by atoms with Gasteiger partial charge in [0, 0.05) is 9.79 Å². The molecule has 28 heavy (non-hydrogen) atoms. The summed E-state index contributed by atoms with van der Waals surface area (Å²) in [6.45, 7) is 0. The number of thioether (sulfide) groups is 2. The zero-order chi connectivity index (χ0) is 21.5. The van der Waals surface area contributed by atoms with Crippen molar-refractivity contribution in [1.29, 1.82) is 0 Å². The van der Waals surface area contributed by atoms with Crippen LogP contribution in [0.1, 0.15) is 0 Å². The van der Waals surface area contributed by atoms with Crippen LogP contribution in [0.25, 0.3) is 0 Å². The van der Waals surface area contributed by atoms with Crippen LogP contribution < -0.4 is 0 Å². The molecule has 0 aromatic heterocycles. The maximum absolute atomic E-state index is 10.9. The fourth-order valence-electron chi connectivity index (χ4n) is 1.57. The number of halogens is 6. The third-order valence-corrected chi connectivity index (χ3v) is 9.09. The molecule has 2 rings (SSSR count). The molecule has 0 saturated carbocycles. The molecule has 0 radical (unpaired) electrons. The number of hydrogen-bond donors (Lipinski definition) is 0. The second-order valence-corrected chi connectivity index (χ2v) is 18.0. The quantitative estimate of drug-likeness (QED) is 0.183. The van der Waals surface area contributed by atoms with Crippen molar-refractivity contribution in [3.05, 3.63) is 48.5 Å². The monoisotopic (exact) mass is 668 g/mol. The van der Waals surface area contributed by atoms with E-state index in [1.165, 1.54) is 47.8 Å². The fourth-order valence-corrected chi connectivity index (χ4v) is 6.02. The van der Waals surface area contributed by atoms with Crippen LogP contribution in [0.15, 0.2) is 68.1 Å². The van der Waals surface area contributed by atoms with Gasteiger partial charge in [-0.15, -0.1) is 0 Å². The first kappa shape index (κ1) is 27.2. The Morgan fingerprint density at radius 1 is 0.607 bits per heavy atom. The molecule has 2 aromatic rings. The third kappa shape index (κ3) is 11.0. The van der Waals surface area contributed by atoms with E-state index in [0.29, 0.717) is 0 Å². The van der Waals surface area contributed by atoms with E-state index < -0.39 is 24.9 Å². The van der Waals surface area contributed by atoms with Crippen molar-refractivity contribution in [2.75, 3.05) is 0 Å². The van der Waals surface area contributed by atoms with E-state index in [-0.39, 0.29) is 9.79 Å². The van der Waals surface area contributed by atoms with Crippen LogP contribution in [0.3, 0.4) is 0 Å². The van der Waals surface area contributed by atoms with Gasteiger partial charge in [0.05, 0.1) is 39.4 Å². The van der Waals surface area contributed by atoms with E-state index in [9.17, 15) is 16.8 Å². The van der Waals surface area contributed by atoms with E-state index in [1.54, 1.807) is 0 Å². The van der Waals surface area contributed by atoms with Gasteiger partial charge < -0.3 is 0 Å². The van der Waals surface area contributed by atoms with Crippen LogP contribution in [-0.2, 0) is 16.5 Å². The van der Waals surface area contributed by atoms with Gasteiger partial charge in [0.2, 0.25) is 16.5 Å². The lowest BCUT2D eigenvalue weighted by molar-refractivity contribution is 0.608. The molecule has 14 heteroatoms. The van der Waals surface area contributed by atoms with Crippen LogP contribution in [0.2, 0.25) is 0 Å². The highest BCUT2D eigenvalue weighted by molar-refractivity contribution is 9.47. The van der Waals surface area contributed by atoms with Gasteiger partial charge >= 0.3 is 0 Å². The second kappa shape index (κ2) is 12.3. The lowest BCUT2D eigenvalue weighted by Crippen LogP contribution is -1.93. The molecular formula is C14H10Br2Cl4O4S4. The first-order chi connectivity index (χ1) is 12.8. The zero-order valence-electron chi connectivity index (χ0n) is 13.3. The first-order valence-corrected chi connectivity index (χ1v) is 16.9. The van der Waals surface area contributed by atoms with Crippen LogP contribution in [0.5, 0.6) is 0 Å². The Kier molecular flexibility index (Phi) is 11.9. The molecule has 0 unspecified atom stereocenters. The summed E-state index contributed by atoms with van der Waals surface area (Å²) in [6.07, 6.45) is 0. The van der Waals surface area contributed by atoms with Crippen molar-refractivity contribution in [1.82, 2.24) is 0 Å². The molecule has 0 bridgehead atoms. The smallest absolute Gasteiger partial charge is 0.212 e. The van der Waals surface area contributed by atoms with Crippen LogP contribution in [0, 0.1) is 0 Å². The van der Waals surface area contributed by atoms with E-state index in [0.717, 1.165) is 9.79 Å². The van der Waals surface area contributed by atoms with Crippen molar-refractivity contribution in [3.8, 4) is 0 Å². The maximum Gasteiger partial charge on any atom is 0.237 e. The lowest BCUT2D eigenvalue weighted by atomic mass is 10.4. The number of benzene rings is 2. The standard InChI is InChI=1S/C8H6Cl4S2.C6H4Br2O4S2/c9-7(10)13-5-1-2-6(4-3-5)14-8(11)12;7-13(9,10)5-1-2-6(4-3-5)14(8,11)12/h1-4,7-8H;1-4H. The van der Waals surface area contributed by atoms with Gasteiger partial charge in [0.25, 0.3) is 0 Å². The molecule has 0 atom stereocenters. The summed E-state index contributed by atoms with van der Waals surface area (Å²) in [6, 6.07) is 12.6. The molecule has 2 aromatic carbocycles. The predicted octanol–water partition coefficient (Wildman–Crippen LogP) is 7.25. The van der Waals surface area contributed by atoms with Crippen LogP contribution in [-0.4, -0.2) is 25.2 Å². The van der Waals surface area contributed by atoms with E-state index in [2.05, 4.69) is 29.6 Å². The van der Waals surface area contributed by atoms with Crippen molar-refractivity contribution in [2.45, 2.75) is 27.9 Å². The normalized spacial score (nSPS) is 12.0. The summed E-state index contributed by atoms with van der Waals surface area (Å²) in [7, 11) is -6.93. The third-order valence-electron chi connectivity index (χ3n) is 2.66. The Hall–Kier alpha value is 1.16. The number of alkyl halides is 4.